The van der Waals surface area contributed by atoms with E-state index in [1.54, 1.807) is 12.5 Å². The van der Waals surface area contributed by atoms with Gasteiger partial charge in [0.2, 0.25) is 0 Å². The Bertz CT molecular complexity index is 452. The van der Waals surface area contributed by atoms with Crippen molar-refractivity contribution < 1.29 is 9.53 Å². The van der Waals surface area contributed by atoms with Crippen LogP contribution in [-0.4, -0.2) is 61.7 Å². The van der Waals surface area contributed by atoms with Gasteiger partial charge in [0.15, 0.2) is 5.13 Å². The molecule has 118 valence electrons. The van der Waals surface area contributed by atoms with Crippen molar-refractivity contribution in [1.29, 1.82) is 0 Å². The van der Waals surface area contributed by atoms with E-state index in [1.807, 2.05) is 6.92 Å². The fraction of sp³-hybridized carbons (Fsp3) is 0.714. The van der Waals surface area contributed by atoms with Crippen LogP contribution in [-0.2, 0) is 4.74 Å². The molecular formula is C14H24N4O2S. The first-order valence-electron chi connectivity index (χ1n) is 7.45. The maximum absolute atomic E-state index is 12.1. The van der Waals surface area contributed by atoms with E-state index in [2.05, 4.69) is 20.5 Å². The molecule has 1 aliphatic heterocycles. The van der Waals surface area contributed by atoms with Gasteiger partial charge in [-0.25, -0.2) is 4.98 Å². The Morgan fingerprint density at radius 3 is 3.24 bits per heavy atom. The van der Waals surface area contributed by atoms with E-state index in [0.29, 0.717) is 18.3 Å². The average molecular weight is 312 g/mol. The van der Waals surface area contributed by atoms with Gasteiger partial charge < -0.3 is 15.4 Å². The second kappa shape index (κ2) is 8.31. The second-order valence-corrected chi connectivity index (χ2v) is 5.96. The van der Waals surface area contributed by atoms with Crippen molar-refractivity contribution in [3.63, 3.8) is 0 Å². The highest BCUT2D eigenvalue weighted by molar-refractivity contribution is 7.13. The molecule has 1 aromatic heterocycles. The molecule has 7 heteroatoms. The summed E-state index contributed by atoms with van der Waals surface area (Å²) < 4.78 is 5.13. The smallest absolute Gasteiger partial charge is 0.270 e. The molecule has 2 heterocycles. The molecule has 21 heavy (non-hydrogen) atoms. The van der Waals surface area contributed by atoms with Gasteiger partial charge in [-0.15, -0.1) is 11.3 Å². The van der Waals surface area contributed by atoms with Crippen molar-refractivity contribution in [2.24, 2.45) is 0 Å². The topological polar surface area (TPSA) is 66.5 Å². The SMILES string of the molecule is CCNc1nc(C(=O)NC[C@H]2CCCN2CCOC)cs1. The molecule has 1 aromatic rings. The molecule has 6 nitrogen and oxygen atoms in total. The largest absolute Gasteiger partial charge is 0.383 e. The summed E-state index contributed by atoms with van der Waals surface area (Å²) in [5.41, 5.74) is 0.498. The quantitative estimate of drug-likeness (QED) is 0.760. The zero-order valence-electron chi connectivity index (χ0n) is 12.7. The predicted molar refractivity (Wildman–Crippen MR) is 85.1 cm³/mol. The minimum atomic E-state index is -0.0889. The summed E-state index contributed by atoms with van der Waals surface area (Å²) in [5, 5.41) is 8.71. The third-order valence-corrected chi connectivity index (χ3v) is 4.44. The van der Waals surface area contributed by atoms with Crippen LogP contribution < -0.4 is 10.6 Å². The van der Waals surface area contributed by atoms with E-state index in [-0.39, 0.29) is 5.91 Å². The normalized spacial score (nSPS) is 18.9. The highest BCUT2D eigenvalue weighted by Crippen LogP contribution is 2.17. The average Bonchev–Trinajstić information content (AvgIpc) is 3.12. The number of carbonyl (C=O) groups excluding carboxylic acids is 1. The number of amides is 1. The highest BCUT2D eigenvalue weighted by atomic mass is 32.1. The van der Waals surface area contributed by atoms with Crippen molar-refractivity contribution in [2.75, 3.05) is 45.2 Å². The van der Waals surface area contributed by atoms with Crippen molar-refractivity contribution in [3.05, 3.63) is 11.1 Å². The Morgan fingerprint density at radius 1 is 1.62 bits per heavy atom. The summed E-state index contributed by atoms with van der Waals surface area (Å²) >= 11 is 1.46. The van der Waals surface area contributed by atoms with E-state index in [1.165, 1.54) is 17.8 Å². The van der Waals surface area contributed by atoms with Gasteiger partial charge in [0.1, 0.15) is 5.69 Å². The lowest BCUT2D eigenvalue weighted by atomic mass is 10.2. The van der Waals surface area contributed by atoms with Gasteiger partial charge in [-0.3, -0.25) is 9.69 Å². The minimum Gasteiger partial charge on any atom is -0.383 e. The summed E-state index contributed by atoms with van der Waals surface area (Å²) in [4.78, 5) is 18.8. The van der Waals surface area contributed by atoms with Gasteiger partial charge in [-0.05, 0) is 26.3 Å². The molecule has 0 saturated carbocycles. The first-order valence-corrected chi connectivity index (χ1v) is 8.33. The number of likely N-dealkylation sites (tertiary alicyclic amines) is 1. The van der Waals surface area contributed by atoms with E-state index < -0.39 is 0 Å². The number of ether oxygens (including phenoxy) is 1. The lowest BCUT2D eigenvalue weighted by molar-refractivity contribution is 0.0928. The molecule has 1 amide bonds. The number of methoxy groups -OCH3 is 1. The van der Waals surface area contributed by atoms with Gasteiger partial charge in [0.25, 0.3) is 5.91 Å². The minimum absolute atomic E-state index is 0.0889. The molecule has 1 atom stereocenters. The number of rotatable bonds is 8. The van der Waals surface area contributed by atoms with Crippen molar-refractivity contribution in [1.82, 2.24) is 15.2 Å². The third-order valence-electron chi connectivity index (χ3n) is 3.64. The Morgan fingerprint density at radius 2 is 2.48 bits per heavy atom. The van der Waals surface area contributed by atoms with Crippen LogP contribution >= 0.6 is 11.3 Å². The molecule has 2 rings (SSSR count). The Kier molecular flexibility index (Phi) is 6.41. The zero-order valence-corrected chi connectivity index (χ0v) is 13.5. The second-order valence-electron chi connectivity index (χ2n) is 5.10. The molecule has 2 N–H and O–H groups in total. The predicted octanol–water partition coefficient (Wildman–Crippen LogP) is 1.42. The van der Waals surface area contributed by atoms with Crippen molar-refractivity contribution >= 4 is 22.4 Å². The fourth-order valence-corrected chi connectivity index (χ4v) is 3.30. The summed E-state index contributed by atoms with van der Waals surface area (Å²) in [6.07, 6.45) is 2.31. The summed E-state index contributed by atoms with van der Waals surface area (Å²) in [6.45, 7) is 6.25. The number of nitrogens with zero attached hydrogens (tertiary/aromatic N) is 2. The number of carbonyl (C=O) groups is 1. The number of thiazole rings is 1. The van der Waals surface area contributed by atoms with Crippen LogP contribution in [0.3, 0.4) is 0 Å². The highest BCUT2D eigenvalue weighted by Gasteiger charge is 2.24. The van der Waals surface area contributed by atoms with Crippen LogP contribution in [0.5, 0.6) is 0 Å². The molecule has 0 unspecified atom stereocenters. The van der Waals surface area contributed by atoms with Gasteiger partial charge in [-0.2, -0.15) is 0 Å². The lowest BCUT2D eigenvalue weighted by Crippen LogP contribution is -2.41. The van der Waals surface area contributed by atoms with Crippen LogP contribution in [0, 0.1) is 0 Å². The molecule has 0 radical (unpaired) electrons. The van der Waals surface area contributed by atoms with E-state index in [0.717, 1.165) is 37.8 Å². The number of anilines is 1. The van der Waals surface area contributed by atoms with Crippen LogP contribution in [0.25, 0.3) is 0 Å². The Balaban J connectivity index is 1.79. The molecule has 0 aliphatic carbocycles. The maximum Gasteiger partial charge on any atom is 0.270 e. The maximum atomic E-state index is 12.1. The Labute approximate surface area is 129 Å². The monoisotopic (exact) mass is 312 g/mol. The molecule has 0 bridgehead atoms. The molecule has 0 spiro atoms. The number of nitrogens with one attached hydrogen (secondary N) is 2. The molecule has 0 aromatic carbocycles. The van der Waals surface area contributed by atoms with Gasteiger partial charge in [0, 0.05) is 38.2 Å². The van der Waals surface area contributed by atoms with Crippen LogP contribution in [0.4, 0.5) is 5.13 Å². The van der Waals surface area contributed by atoms with Gasteiger partial charge >= 0.3 is 0 Å². The van der Waals surface area contributed by atoms with Crippen LogP contribution in [0.15, 0.2) is 5.38 Å². The molecular weight excluding hydrogens is 288 g/mol. The van der Waals surface area contributed by atoms with E-state index >= 15 is 0 Å². The first kappa shape index (κ1) is 16.2. The first-order chi connectivity index (χ1) is 10.2. The zero-order chi connectivity index (χ0) is 15.1. The van der Waals surface area contributed by atoms with Crippen molar-refractivity contribution in [3.8, 4) is 0 Å². The van der Waals surface area contributed by atoms with E-state index in [9.17, 15) is 4.79 Å². The summed E-state index contributed by atoms with van der Waals surface area (Å²) in [5.74, 6) is -0.0889. The Hall–Kier alpha value is -1.18. The fourth-order valence-electron chi connectivity index (χ4n) is 2.54. The summed E-state index contributed by atoms with van der Waals surface area (Å²) in [6, 6.07) is 0.413. The molecule has 1 aliphatic rings. The molecule has 1 fully saturated rings. The summed E-state index contributed by atoms with van der Waals surface area (Å²) in [7, 11) is 1.72. The van der Waals surface area contributed by atoms with E-state index in [4.69, 9.17) is 4.74 Å². The molecule has 1 saturated heterocycles. The third kappa shape index (κ3) is 4.66. The number of hydrogen-bond donors (Lipinski definition) is 2. The van der Waals surface area contributed by atoms with Gasteiger partial charge in [0.05, 0.1) is 6.61 Å². The van der Waals surface area contributed by atoms with Gasteiger partial charge in [-0.1, -0.05) is 0 Å². The van der Waals surface area contributed by atoms with Crippen LogP contribution in [0.2, 0.25) is 0 Å². The number of aromatic nitrogens is 1. The number of hydrogen-bond acceptors (Lipinski definition) is 6. The lowest BCUT2D eigenvalue weighted by Gasteiger charge is -2.24. The van der Waals surface area contributed by atoms with Crippen LogP contribution in [0.1, 0.15) is 30.3 Å². The standard InChI is InChI=1S/C14H24N4O2S/c1-3-15-14-17-12(10-21-14)13(19)16-9-11-5-4-6-18(11)7-8-20-2/h10-11H,3-9H2,1-2H3,(H,15,17)(H,16,19)/t11-/m1/s1. The van der Waals surface area contributed by atoms with Crippen molar-refractivity contribution in [2.45, 2.75) is 25.8 Å².